The molecule has 7 rings (SSSR count). The number of carboxylic acid groups (broad SMARTS) is 1. The standard InChI is InChI=1S/C30H27N5O3/c36-30(37)21-7-5-20(6-8-21)28-27(33-29-26(11-12-31-35(28)29)34-13-15-38-16-14-34)23-17-22(18-23)25-10-9-19-3-1-2-4-24(19)32-25/h1-12,22-23H,13-18H2,(H,36,37)/t22-,23+. The average molecular weight is 506 g/mol. The minimum absolute atomic E-state index is 0.261. The Morgan fingerprint density at radius 3 is 2.47 bits per heavy atom. The Morgan fingerprint density at radius 2 is 1.68 bits per heavy atom. The lowest BCUT2D eigenvalue weighted by Gasteiger charge is -2.34. The summed E-state index contributed by atoms with van der Waals surface area (Å²) in [6, 6.07) is 21.6. The van der Waals surface area contributed by atoms with Crippen LogP contribution < -0.4 is 4.90 Å². The van der Waals surface area contributed by atoms with E-state index in [1.54, 1.807) is 12.1 Å². The summed E-state index contributed by atoms with van der Waals surface area (Å²) >= 11 is 0. The predicted molar refractivity (Wildman–Crippen MR) is 145 cm³/mol. The molecule has 4 heterocycles. The highest BCUT2D eigenvalue weighted by Gasteiger charge is 2.37. The molecule has 2 fully saturated rings. The van der Waals surface area contributed by atoms with Gasteiger partial charge in [0.25, 0.3) is 0 Å². The fourth-order valence-electron chi connectivity index (χ4n) is 5.72. The second-order valence-electron chi connectivity index (χ2n) is 10.1. The SMILES string of the molecule is O=C(O)c1ccc(-c2c([C@H]3C[C@@H](c4ccc5ccccc5n4)C3)nc3c(N4CCOCC4)ccnn23)cc1. The number of anilines is 1. The molecule has 0 atom stereocenters. The highest BCUT2D eigenvalue weighted by Crippen LogP contribution is 2.49. The molecule has 0 amide bonds. The van der Waals surface area contributed by atoms with Crippen molar-refractivity contribution >= 4 is 28.2 Å². The van der Waals surface area contributed by atoms with Crippen molar-refractivity contribution in [3.05, 3.63) is 89.9 Å². The van der Waals surface area contributed by atoms with Gasteiger partial charge >= 0.3 is 5.97 Å². The molecule has 5 aromatic rings. The summed E-state index contributed by atoms with van der Waals surface area (Å²) in [5.74, 6) is -0.294. The van der Waals surface area contributed by atoms with Crippen molar-refractivity contribution in [1.82, 2.24) is 19.6 Å². The van der Waals surface area contributed by atoms with Crippen molar-refractivity contribution in [3.8, 4) is 11.3 Å². The number of aromatic nitrogens is 4. The third kappa shape index (κ3) is 3.88. The van der Waals surface area contributed by atoms with E-state index in [-0.39, 0.29) is 11.5 Å². The maximum absolute atomic E-state index is 11.5. The zero-order valence-electron chi connectivity index (χ0n) is 20.8. The largest absolute Gasteiger partial charge is 0.478 e. The van der Waals surface area contributed by atoms with Crippen LogP contribution in [0.3, 0.4) is 0 Å². The predicted octanol–water partition coefficient (Wildman–Crippen LogP) is 5.14. The molecule has 0 unspecified atom stereocenters. The summed E-state index contributed by atoms with van der Waals surface area (Å²) in [4.78, 5) is 23.9. The molecule has 1 aliphatic carbocycles. The third-order valence-electron chi connectivity index (χ3n) is 7.85. The van der Waals surface area contributed by atoms with Crippen LogP contribution in [0.25, 0.3) is 27.8 Å². The first-order valence-electron chi connectivity index (χ1n) is 13.1. The van der Waals surface area contributed by atoms with Gasteiger partial charge in [-0.1, -0.05) is 36.4 Å². The average Bonchev–Trinajstić information content (AvgIpc) is 3.32. The molecular formula is C30H27N5O3. The van der Waals surface area contributed by atoms with E-state index in [1.807, 2.05) is 41.0 Å². The van der Waals surface area contributed by atoms with Gasteiger partial charge < -0.3 is 14.7 Å². The molecule has 1 N–H and O–H groups in total. The molecule has 0 radical (unpaired) electrons. The van der Waals surface area contributed by atoms with Gasteiger partial charge in [0.2, 0.25) is 0 Å². The zero-order chi connectivity index (χ0) is 25.6. The zero-order valence-corrected chi connectivity index (χ0v) is 20.8. The van der Waals surface area contributed by atoms with Crippen LogP contribution in [0, 0.1) is 0 Å². The van der Waals surface area contributed by atoms with Gasteiger partial charge in [-0.3, -0.25) is 4.98 Å². The molecule has 2 aliphatic rings. The number of imidazole rings is 1. The lowest BCUT2D eigenvalue weighted by Crippen LogP contribution is -2.36. The van der Waals surface area contributed by atoms with Crippen molar-refractivity contribution in [1.29, 1.82) is 0 Å². The number of nitrogens with zero attached hydrogens (tertiary/aromatic N) is 5. The van der Waals surface area contributed by atoms with Crippen LogP contribution in [0.1, 0.15) is 46.4 Å². The summed E-state index contributed by atoms with van der Waals surface area (Å²) < 4.78 is 7.50. The lowest BCUT2D eigenvalue weighted by molar-refractivity contribution is 0.0697. The fraction of sp³-hybridized carbons (Fsp3) is 0.267. The van der Waals surface area contributed by atoms with E-state index in [9.17, 15) is 9.90 Å². The molecule has 0 spiro atoms. The van der Waals surface area contributed by atoms with Crippen LogP contribution in [0.2, 0.25) is 0 Å². The third-order valence-corrected chi connectivity index (χ3v) is 7.85. The summed E-state index contributed by atoms with van der Waals surface area (Å²) in [6.07, 6.45) is 3.74. The van der Waals surface area contributed by atoms with Crippen LogP contribution in [-0.4, -0.2) is 57.0 Å². The van der Waals surface area contributed by atoms with Gasteiger partial charge in [-0.15, -0.1) is 0 Å². The number of morpholine rings is 1. The van der Waals surface area contributed by atoms with Crippen LogP contribution in [0.15, 0.2) is 72.9 Å². The number of ether oxygens (including phenoxy) is 1. The number of aromatic carboxylic acids is 1. The van der Waals surface area contributed by atoms with E-state index in [0.29, 0.717) is 19.1 Å². The molecule has 1 aliphatic heterocycles. The Bertz CT molecular complexity index is 1650. The molecule has 2 aromatic carbocycles. The van der Waals surface area contributed by atoms with E-state index in [1.165, 1.54) is 0 Å². The maximum Gasteiger partial charge on any atom is 0.335 e. The molecule has 3 aromatic heterocycles. The van der Waals surface area contributed by atoms with Crippen molar-refractivity contribution in [2.45, 2.75) is 24.7 Å². The summed E-state index contributed by atoms with van der Waals surface area (Å²) in [7, 11) is 0. The molecule has 1 saturated heterocycles. The molecule has 8 heteroatoms. The number of hydrogen-bond acceptors (Lipinski definition) is 6. The number of hydrogen-bond donors (Lipinski definition) is 1. The van der Waals surface area contributed by atoms with Gasteiger partial charge in [-0.05, 0) is 43.2 Å². The van der Waals surface area contributed by atoms with Crippen molar-refractivity contribution in [3.63, 3.8) is 0 Å². The fourth-order valence-corrected chi connectivity index (χ4v) is 5.72. The second kappa shape index (κ2) is 9.22. The number of fused-ring (bicyclic) bond motifs is 2. The van der Waals surface area contributed by atoms with Crippen LogP contribution in [-0.2, 0) is 4.74 Å². The number of carboxylic acids is 1. The monoisotopic (exact) mass is 505 g/mol. The van der Waals surface area contributed by atoms with Crippen molar-refractivity contribution in [2.75, 3.05) is 31.2 Å². The number of pyridine rings is 1. The first kappa shape index (κ1) is 22.9. The lowest BCUT2D eigenvalue weighted by atomic mass is 9.71. The number of rotatable bonds is 5. The topological polar surface area (TPSA) is 92.8 Å². The van der Waals surface area contributed by atoms with Crippen molar-refractivity contribution in [2.24, 2.45) is 0 Å². The second-order valence-corrected chi connectivity index (χ2v) is 10.1. The Balaban J connectivity index is 1.28. The first-order valence-corrected chi connectivity index (χ1v) is 13.1. The van der Waals surface area contributed by atoms with E-state index in [2.05, 4.69) is 29.2 Å². The van der Waals surface area contributed by atoms with Crippen molar-refractivity contribution < 1.29 is 14.6 Å². The first-order chi connectivity index (χ1) is 18.7. The minimum Gasteiger partial charge on any atom is -0.478 e. The van der Waals surface area contributed by atoms with Gasteiger partial charge in [0.05, 0.1) is 47.6 Å². The number of para-hydroxylation sites is 1. The van der Waals surface area contributed by atoms with E-state index >= 15 is 0 Å². The molecule has 0 bridgehead atoms. The Kier molecular flexibility index (Phi) is 5.55. The summed E-state index contributed by atoms with van der Waals surface area (Å²) in [5.41, 5.74) is 7.15. The summed E-state index contributed by atoms with van der Waals surface area (Å²) in [6.45, 7) is 3.00. The van der Waals surface area contributed by atoms with Crippen LogP contribution in [0.4, 0.5) is 5.69 Å². The molecule has 1 saturated carbocycles. The van der Waals surface area contributed by atoms with Gasteiger partial charge in [-0.25, -0.2) is 14.3 Å². The molecule has 8 nitrogen and oxygen atoms in total. The van der Waals surface area contributed by atoms with Gasteiger partial charge in [0.1, 0.15) is 0 Å². The van der Waals surface area contributed by atoms with Crippen LogP contribution in [0.5, 0.6) is 0 Å². The maximum atomic E-state index is 11.5. The highest BCUT2D eigenvalue weighted by molar-refractivity contribution is 5.88. The normalized spacial score (nSPS) is 19.5. The summed E-state index contributed by atoms with van der Waals surface area (Å²) in [5, 5.41) is 15.3. The number of benzene rings is 2. The molecule has 190 valence electrons. The quantitative estimate of drug-likeness (QED) is 0.354. The highest BCUT2D eigenvalue weighted by atomic mass is 16.5. The smallest absolute Gasteiger partial charge is 0.335 e. The van der Waals surface area contributed by atoms with Gasteiger partial charge in [0.15, 0.2) is 5.65 Å². The minimum atomic E-state index is -0.938. The van der Waals surface area contributed by atoms with Gasteiger partial charge in [-0.2, -0.15) is 5.10 Å². The van der Waals surface area contributed by atoms with E-state index in [4.69, 9.17) is 19.8 Å². The Morgan fingerprint density at radius 1 is 0.895 bits per heavy atom. The molecule has 38 heavy (non-hydrogen) atoms. The van der Waals surface area contributed by atoms with Crippen LogP contribution >= 0.6 is 0 Å². The molecular weight excluding hydrogens is 478 g/mol. The van der Waals surface area contributed by atoms with Gasteiger partial charge in [0, 0.05) is 41.6 Å². The Hall–Kier alpha value is -4.30. The van der Waals surface area contributed by atoms with E-state index < -0.39 is 5.97 Å². The number of carbonyl (C=O) groups is 1. The van der Waals surface area contributed by atoms with E-state index in [0.717, 1.165) is 70.8 Å². The Labute approximate surface area is 219 Å².